The van der Waals surface area contributed by atoms with E-state index >= 15 is 0 Å². The predicted octanol–water partition coefficient (Wildman–Crippen LogP) is 4.51. The summed E-state index contributed by atoms with van der Waals surface area (Å²) >= 11 is 2.55. The molecule has 2 aromatic heterocycles. The second-order valence-electron chi connectivity index (χ2n) is 5.64. The molecule has 10 heteroatoms. The summed E-state index contributed by atoms with van der Waals surface area (Å²) in [6.45, 7) is 0.216. The van der Waals surface area contributed by atoms with Crippen molar-refractivity contribution < 1.29 is 18.0 Å². The number of benzene rings is 1. The predicted molar refractivity (Wildman–Crippen MR) is 101 cm³/mol. The van der Waals surface area contributed by atoms with Gasteiger partial charge < -0.3 is 0 Å². The molecule has 1 atom stereocenters. The van der Waals surface area contributed by atoms with Crippen molar-refractivity contribution in [1.82, 2.24) is 4.98 Å². The zero-order valence-corrected chi connectivity index (χ0v) is 15.2. The number of aliphatic imine (C=N–C) groups is 1. The van der Waals surface area contributed by atoms with E-state index in [0.29, 0.717) is 5.52 Å². The molecule has 0 bridgehead atoms. The molecule has 27 heavy (non-hydrogen) atoms. The average Bonchev–Trinajstić information content (AvgIpc) is 3.33. The molecule has 0 unspecified atom stereocenters. The first-order chi connectivity index (χ1) is 12.9. The highest BCUT2D eigenvalue weighted by Gasteiger charge is 2.50. The molecule has 1 aliphatic rings. The maximum absolute atomic E-state index is 13.4. The number of amides is 1. The summed E-state index contributed by atoms with van der Waals surface area (Å²) in [6.07, 6.45) is -3.71. The summed E-state index contributed by atoms with van der Waals surface area (Å²) in [7, 11) is 0. The average molecular weight is 408 g/mol. The number of hydrazone groups is 1. The Hall–Kier alpha value is -2.59. The number of carbonyl (C=O) groups is 1. The van der Waals surface area contributed by atoms with Crippen molar-refractivity contribution in [2.45, 2.75) is 12.7 Å². The topological polar surface area (TPSA) is 57.9 Å². The van der Waals surface area contributed by atoms with Crippen LogP contribution in [-0.4, -0.2) is 29.0 Å². The Morgan fingerprint density at radius 3 is 2.74 bits per heavy atom. The number of rotatable bonds is 4. The van der Waals surface area contributed by atoms with Gasteiger partial charge in [-0.25, -0.2) is 4.98 Å². The van der Waals surface area contributed by atoms with Crippen molar-refractivity contribution in [3.05, 3.63) is 46.7 Å². The highest BCUT2D eigenvalue weighted by Crippen LogP contribution is 2.35. The molecule has 3 aromatic rings. The molecule has 0 saturated carbocycles. The molecular weight excluding hydrogens is 397 g/mol. The van der Waals surface area contributed by atoms with Gasteiger partial charge in [-0.15, -0.1) is 11.3 Å². The zero-order chi connectivity index (χ0) is 19.0. The molecule has 0 saturated heterocycles. The summed E-state index contributed by atoms with van der Waals surface area (Å²) in [4.78, 5) is 21.8. The van der Waals surface area contributed by atoms with Crippen LogP contribution >= 0.6 is 22.7 Å². The Bertz CT molecular complexity index is 1010. The third-order valence-electron chi connectivity index (χ3n) is 3.81. The van der Waals surface area contributed by atoms with Crippen molar-refractivity contribution in [2.75, 3.05) is 5.01 Å². The summed E-state index contributed by atoms with van der Waals surface area (Å²) in [5.41, 5.74) is -0.578. The number of hydrogen-bond acceptors (Lipinski definition) is 6. The summed E-state index contributed by atoms with van der Waals surface area (Å²) in [6, 6.07) is 10.7. The minimum absolute atomic E-state index is 0.108. The van der Waals surface area contributed by atoms with Gasteiger partial charge in [0.15, 0.2) is 5.71 Å². The van der Waals surface area contributed by atoms with Crippen LogP contribution in [0.3, 0.4) is 0 Å². The lowest BCUT2D eigenvalue weighted by Gasteiger charge is -2.09. The van der Waals surface area contributed by atoms with Crippen molar-refractivity contribution in [1.29, 1.82) is 0 Å². The molecule has 1 aromatic carbocycles. The Kier molecular flexibility index (Phi) is 4.52. The number of halogens is 3. The van der Waals surface area contributed by atoms with Crippen molar-refractivity contribution in [2.24, 2.45) is 16.0 Å². The normalized spacial score (nSPS) is 18.0. The van der Waals surface area contributed by atoms with E-state index in [-0.39, 0.29) is 11.7 Å². The van der Waals surface area contributed by atoms with Crippen molar-refractivity contribution >= 4 is 55.9 Å². The summed E-state index contributed by atoms with van der Waals surface area (Å²) in [5.74, 6) is -2.38. The van der Waals surface area contributed by atoms with E-state index in [1.165, 1.54) is 11.3 Å². The Morgan fingerprint density at radius 1 is 1.22 bits per heavy atom. The second-order valence-corrected chi connectivity index (χ2v) is 7.69. The molecule has 0 spiro atoms. The minimum Gasteiger partial charge on any atom is -0.291 e. The van der Waals surface area contributed by atoms with Crippen LogP contribution in [0.4, 0.5) is 18.3 Å². The Balaban J connectivity index is 1.64. The molecule has 1 aliphatic heterocycles. The standard InChI is InChI=1S/C17H11F3N4OS2/c18-17(19,20)14-11(9-21-8-10-4-3-7-26-10)15(25)24(23-14)16-22-12-5-1-2-6-13(12)27-16/h1-7,9,11H,8H2/t11-/m1/s1. The lowest BCUT2D eigenvalue weighted by Crippen LogP contribution is -2.34. The third-order valence-corrected chi connectivity index (χ3v) is 5.69. The van der Waals surface area contributed by atoms with Gasteiger partial charge in [0, 0.05) is 11.1 Å². The first kappa shape index (κ1) is 17.8. The second kappa shape index (κ2) is 6.86. The molecule has 4 rings (SSSR count). The maximum atomic E-state index is 13.4. The number of carbonyl (C=O) groups excluding carboxylic acids is 1. The van der Waals surface area contributed by atoms with Gasteiger partial charge in [-0.1, -0.05) is 29.5 Å². The van der Waals surface area contributed by atoms with Crippen LogP contribution in [0.2, 0.25) is 0 Å². The zero-order valence-electron chi connectivity index (χ0n) is 13.6. The van der Waals surface area contributed by atoms with E-state index in [4.69, 9.17) is 0 Å². The van der Waals surface area contributed by atoms with Crippen molar-refractivity contribution in [3.8, 4) is 0 Å². The van der Waals surface area contributed by atoms with Gasteiger partial charge in [0.1, 0.15) is 5.92 Å². The van der Waals surface area contributed by atoms with Crippen LogP contribution < -0.4 is 5.01 Å². The van der Waals surface area contributed by atoms with Crippen LogP contribution in [0, 0.1) is 5.92 Å². The van der Waals surface area contributed by atoms with Crippen LogP contribution in [0.25, 0.3) is 10.2 Å². The number of para-hydroxylation sites is 1. The number of fused-ring (bicyclic) bond motifs is 1. The SMILES string of the molecule is O=C1[C@H](C=NCc2cccs2)C(C(F)(F)F)=NN1c1nc2ccccc2s1. The van der Waals surface area contributed by atoms with Crippen LogP contribution in [-0.2, 0) is 11.3 Å². The number of hydrogen-bond donors (Lipinski definition) is 0. The number of nitrogens with zero attached hydrogens (tertiary/aromatic N) is 4. The third kappa shape index (κ3) is 3.50. The number of thiazole rings is 1. The lowest BCUT2D eigenvalue weighted by molar-refractivity contribution is -0.119. The lowest BCUT2D eigenvalue weighted by atomic mass is 10.0. The largest absolute Gasteiger partial charge is 0.432 e. The van der Waals surface area contributed by atoms with Gasteiger partial charge >= 0.3 is 6.18 Å². The minimum atomic E-state index is -4.74. The van der Waals surface area contributed by atoms with E-state index in [1.807, 2.05) is 17.5 Å². The van der Waals surface area contributed by atoms with Gasteiger partial charge in [-0.05, 0) is 23.6 Å². The molecule has 138 valence electrons. The summed E-state index contributed by atoms with van der Waals surface area (Å²) in [5, 5.41) is 6.23. The molecule has 5 nitrogen and oxygen atoms in total. The number of anilines is 1. The molecule has 3 heterocycles. The molecular formula is C17H11F3N4OS2. The molecule has 0 radical (unpaired) electrons. The number of thiophene rings is 1. The van der Waals surface area contributed by atoms with Crippen LogP contribution in [0.15, 0.2) is 51.9 Å². The van der Waals surface area contributed by atoms with Crippen LogP contribution in [0.5, 0.6) is 0 Å². The smallest absolute Gasteiger partial charge is 0.291 e. The highest BCUT2D eigenvalue weighted by atomic mass is 32.1. The molecule has 0 N–H and O–H groups in total. The van der Waals surface area contributed by atoms with Gasteiger partial charge in [-0.2, -0.15) is 23.3 Å². The number of aromatic nitrogens is 1. The quantitative estimate of drug-likeness (QED) is 0.597. The Morgan fingerprint density at radius 2 is 2.04 bits per heavy atom. The monoisotopic (exact) mass is 408 g/mol. The maximum Gasteiger partial charge on any atom is 0.432 e. The van der Waals surface area contributed by atoms with Gasteiger partial charge in [0.25, 0.3) is 5.91 Å². The molecule has 1 amide bonds. The Labute approximate surface area is 159 Å². The van der Waals surface area contributed by atoms with E-state index in [2.05, 4.69) is 15.1 Å². The van der Waals surface area contributed by atoms with E-state index in [1.54, 1.807) is 24.3 Å². The van der Waals surface area contributed by atoms with Gasteiger partial charge in [0.05, 0.1) is 16.8 Å². The fourth-order valence-corrected chi connectivity index (χ4v) is 4.13. The van der Waals surface area contributed by atoms with Crippen molar-refractivity contribution in [3.63, 3.8) is 0 Å². The van der Waals surface area contributed by atoms with E-state index in [9.17, 15) is 18.0 Å². The first-order valence-electron chi connectivity index (χ1n) is 7.81. The number of alkyl halides is 3. The fraction of sp³-hybridized carbons (Fsp3) is 0.176. The van der Waals surface area contributed by atoms with E-state index in [0.717, 1.165) is 32.1 Å². The van der Waals surface area contributed by atoms with Gasteiger partial charge in [-0.3, -0.25) is 9.79 Å². The van der Waals surface area contributed by atoms with Crippen LogP contribution in [0.1, 0.15) is 4.88 Å². The highest BCUT2D eigenvalue weighted by molar-refractivity contribution is 7.22. The van der Waals surface area contributed by atoms with Gasteiger partial charge in [0.2, 0.25) is 5.13 Å². The molecule has 0 aliphatic carbocycles. The summed E-state index contributed by atoms with van der Waals surface area (Å²) < 4.78 is 40.9. The van der Waals surface area contributed by atoms with E-state index < -0.39 is 23.7 Å². The fourth-order valence-electron chi connectivity index (χ4n) is 2.57. The molecule has 0 fully saturated rings. The first-order valence-corrected chi connectivity index (χ1v) is 9.50.